The van der Waals surface area contributed by atoms with Crippen LogP contribution in [0.3, 0.4) is 0 Å². The van der Waals surface area contributed by atoms with Gasteiger partial charge in [0, 0.05) is 17.6 Å². The smallest absolute Gasteiger partial charge is 0.260 e. The summed E-state index contributed by atoms with van der Waals surface area (Å²) in [4.78, 5) is 14.6. The molecule has 1 saturated heterocycles. The fourth-order valence-corrected chi connectivity index (χ4v) is 5.03. The van der Waals surface area contributed by atoms with Gasteiger partial charge in [-0.15, -0.1) is 0 Å². The van der Waals surface area contributed by atoms with Crippen LogP contribution in [0.25, 0.3) is 0 Å². The van der Waals surface area contributed by atoms with E-state index >= 15 is 0 Å². The average Bonchev–Trinajstić information content (AvgIpc) is 2.66. The largest absolute Gasteiger partial charge is 0.482 e. The molecule has 0 N–H and O–H groups in total. The summed E-state index contributed by atoms with van der Waals surface area (Å²) in [5.74, 6) is 0.542. The molecule has 3 rings (SSSR count). The third-order valence-electron chi connectivity index (χ3n) is 4.98. The van der Waals surface area contributed by atoms with Crippen LogP contribution >= 0.6 is 23.2 Å². The summed E-state index contributed by atoms with van der Waals surface area (Å²) in [7, 11) is 0. The van der Waals surface area contributed by atoms with Gasteiger partial charge < -0.3 is 9.64 Å². The van der Waals surface area contributed by atoms with Crippen LogP contribution in [0.2, 0.25) is 10.0 Å². The quantitative estimate of drug-likeness (QED) is 0.779. The van der Waals surface area contributed by atoms with Gasteiger partial charge in [-0.05, 0) is 48.3 Å². The molecule has 1 heterocycles. The molecule has 1 aliphatic heterocycles. The first-order valence-electron chi connectivity index (χ1n) is 8.05. The van der Waals surface area contributed by atoms with E-state index in [1.54, 1.807) is 18.2 Å². The second-order valence-electron chi connectivity index (χ2n) is 8.10. The van der Waals surface area contributed by atoms with Crippen molar-refractivity contribution < 1.29 is 9.53 Å². The van der Waals surface area contributed by atoms with Gasteiger partial charge in [-0.2, -0.15) is 0 Å². The van der Waals surface area contributed by atoms with Crippen molar-refractivity contribution >= 4 is 29.1 Å². The number of benzene rings is 1. The SMILES string of the molecule is CC1(C)C[C@@H]2C[C@](C)(CN2C(=O)COc2ccc(Cl)cc2Cl)C1. The van der Waals surface area contributed by atoms with Crippen molar-refractivity contribution in [2.24, 2.45) is 10.8 Å². The summed E-state index contributed by atoms with van der Waals surface area (Å²) in [5, 5.41) is 0.982. The standard InChI is InChI=1S/C18H23Cl2NO2/c1-17(2)7-13-8-18(3,10-17)11-21(13)16(22)9-23-15-5-4-12(19)6-14(15)20/h4-6,13H,7-11H2,1-3H3/t13-,18+/m1/s1. The first-order chi connectivity index (χ1) is 10.7. The third kappa shape index (κ3) is 3.61. The van der Waals surface area contributed by atoms with Gasteiger partial charge in [0.25, 0.3) is 5.91 Å². The molecule has 2 aliphatic rings. The predicted molar refractivity (Wildman–Crippen MR) is 93.2 cm³/mol. The average molecular weight is 356 g/mol. The highest BCUT2D eigenvalue weighted by molar-refractivity contribution is 6.35. The zero-order valence-corrected chi connectivity index (χ0v) is 15.4. The molecule has 0 unspecified atom stereocenters. The molecule has 2 fully saturated rings. The zero-order chi connectivity index (χ0) is 16.8. The number of hydrogen-bond donors (Lipinski definition) is 0. The first kappa shape index (κ1) is 16.9. The Balaban J connectivity index is 1.65. The first-order valence-corrected chi connectivity index (χ1v) is 8.80. The van der Waals surface area contributed by atoms with Crippen molar-refractivity contribution in [1.82, 2.24) is 4.90 Å². The number of fused-ring (bicyclic) bond motifs is 2. The monoisotopic (exact) mass is 355 g/mol. The summed E-state index contributed by atoms with van der Waals surface area (Å²) in [6.07, 6.45) is 3.34. The van der Waals surface area contributed by atoms with Crippen LogP contribution in [0.1, 0.15) is 40.0 Å². The fourth-order valence-electron chi connectivity index (χ4n) is 4.57. The highest BCUT2D eigenvalue weighted by Gasteiger charge is 2.50. The van der Waals surface area contributed by atoms with Crippen molar-refractivity contribution in [3.05, 3.63) is 28.2 Å². The molecule has 0 spiro atoms. The van der Waals surface area contributed by atoms with E-state index in [-0.39, 0.29) is 17.9 Å². The lowest BCUT2D eigenvalue weighted by atomic mass is 9.65. The summed E-state index contributed by atoms with van der Waals surface area (Å²) in [5.41, 5.74) is 0.535. The van der Waals surface area contributed by atoms with E-state index in [0.717, 1.165) is 19.4 Å². The molecule has 2 atom stereocenters. The van der Waals surface area contributed by atoms with Crippen LogP contribution in [0, 0.1) is 10.8 Å². The van der Waals surface area contributed by atoms with Crippen molar-refractivity contribution in [3.63, 3.8) is 0 Å². The third-order valence-corrected chi connectivity index (χ3v) is 5.51. The molecule has 2 bridgehead atoms. The molecule has 126 valence electrons. The minimum Gasteiger partial charge on any atom is -0.482 e. The normalized spacial score (nSPS) is 28.7. The van der Waals surface area contributed by atoms with Crippen LogP contribution in [0.4, 0.5) is 0 Å². The van der Waals surface area contributed by atoms with Crippen LogP contribution in [-0.4, -0.2) is 30.0 Å². The number of amides is 1. The number of nitrogens with zero attached hydrogens (tertiary/aromatic N) is 1. The lowest BCUT2D eigenvalue weighted by molar-refractivity contribution is -0.134. The van der Waals surface area contributed by atoms with Crippen molar-refractivity contribution in [3.8, 4) is 5.75 Å². The molecule has 1 aromatic rings. The van der Waals surface area contributed by atoms with Crippen LogP contribution < -0.4 is 4.74 Å². The Bertz CT molecular complexity index is 631. The molecule has 1 aromatic carbocycles. The maximum absolute atomic E-state index is 12.6. The number of halogens is 2. The van der Waals surface area contributed by atoms with Crippen LogP contribution in [0.5, 0.6) is 5.75 Å². The van der Waals surface area contributed by atoms with E-state index in [4.69, 9.17) is 27.9 Å². The maximum Gasteiger partial charge on any atom is 0.260 e. The summed E-state index contributed by atoms with van der Waals surface area (Å²) >= 11 is 12.0. The van der Waals surface area contributed by atoms with Gasteiger partial charge >= 0.3 is 0 Å². The molecular formula is C18H23Cl2NO2. The molecule has 23 heavy (non-hydrogen) atoms. The molecule has 5 heteroatoms. The summed E-state index contributed by atoms with van der Waals surface area (Å²) in [6, 6.07) is 5.36. The second kappa shape index (κ2) is 5.86. The Labute approximate surface area is 147 Å². The lowest BCUT2D eigenvalue weighted by Crippen LogP contribution is -2.40. The topological polar surface area (TPSA) is 29.5 Å². The number of carbonyl (C=O) groups is 1. The molecule has 1 aliphatic carbocycles. The Hall–Kier alpha value is -0.930. The number of carbonyl (C=O) groups excluding carboxylic acids is 1. The van der Waals surface area contributed by atoms with Gasteiger partial charge in [-0.3, -0.25) is 4.79 Å². The van der Waals surface area contributed by atoms with Gasteiger partial charge in [-0.25, -0.2) is 0 Å². The van der Waals surface area contributed by atoms with E-state index in [0.29, 0.717) is 27.3 Å². The summed E-state index contributed by atoms with van der Waals surface area (Å²) < 4.78 is 5.62. The van der Waals surface area contributed by atoms with Gasteiger partial charge in [0.05, 0.1) is 5.02 Å². The van der Waals surface area contributed by atoms with Gasteiger partial charge in [0.1, 0.15) is 5.75 Å². The van der Waals surface area contributed by atoms with E-state index in [1.165, 1.54) is 6.42 Å². The molecular weight excluding hydrogens is 333 g/mol. The highest BCUT2D eigenvalue weighted by atomic mass is 35.5. The van der Waals surface area contributed by atoms with E-state index in [1.807, 2.05) is 4.90 Å². The highest BCUT2D eigenvalue weighted by Crippen LogP contribution is 2.52. The van der Waals surface area contributed by atoms with Crippen molar-refractivity contribution in [2.45, 2.75) is 46.1 Å². The zero-order valence-electron chi connectivity index (χ0n) is 13.9. The number of hydrogen-bond acceptors (Lipinski definition) is 2. The number of likely N-dealkylation sites (tertiary alicyclic amines) is 1. The molecule has 1 amide bonds. The molecule has 3 nitrogen and oxygen atoms in total. The lowest BCUT2D eigenvalue weighted by Gasteiger charge is -2.39. The predicted octanol–water partition coefficient (Wildman–Crippen LogP) is 4.80. The summed E-state index contributed by atoms with van der Waals surface area (Å²) in [6.45, 7) is 7.75. The van der Waals surface area contributed by atoms with E-state index < -0.39 is 0 Å². The van der Waals surface area contributed by atoms with E-state index in [9.17, 15) is 4.79 Å². The van der Waals surface area contributed by atoms with Gasteiger partial charge in [0.15, 0.2) is 6.61 Å². The Morgan fingerprint density at radius 3 is 2.74 bits per heavy atom. The van der Waals surface area contributed by atoms with Gasteiger partial charge in [0.2, 0.25) is 0 Å². The molecule has 0 aromatic heterocycles. The van der Waals surface area contributed by atoms with Crippen molar-refractivity contribution in [1.29, 1.82) is 0 Å². The maximum atomic E-state index is 12.6. The minimum atomic E-state index is 0.0222. The second-order valence-corrected chi connectivity index (χ2v) is 8.94. The van der Waals surface area contributed by atoms with E-state index in [2.05, 4.69) is 20.8 Å². The molecule has 1 saturated carbocycles. The number of ether oxygens (including phenoxy) is 1. The molecule has 0 radical (unpaired) electrons. The van der Waals surface area contributed by atoms with Crippen molar-refractivity contribution in [2.75, 3.05) is 13.2 Å². The fraction of sp³-hybridized carbons (Fsp3) is 0.611. The Kier molecular flexibility index (Phi) is 4.31. The van der Waals surface area contributed by atoms with Gasteiger partial charge in [-0.1, -0.05) is 44.0 Å². The number of rotatable bonds is 3. The minimum absolute atomic E-state index is 0.0222. The Morgan fingerprint density at radius 1 is 1.30 bits per heavy atom. The Morgan fingerprint density at radius 2 is 2.04 bits per heavy atom. The van der Waals surface area contributed by atoms with Crippen LogP contribution in [-0.2, 0) is 4.79 Å². The van der Waals surface area contributed by atoms with Crippen LogP contribution in [0.15, 0.2) is 18.2 Å².